The minimum absolute atomic E-state index is 0.0824. The zero-order valence-electron chi connectivity index (χ0n) is 12.6. The van der Waals surface area contributed by atoms with Gasteiger partial charge in [-0.1, -0.05) is 53.9 Å². The maximum atomic E-state index is 11.9. The highest BCUT2D eigenvalue weighted by atomic mass is 32.2. The summed E-state index contributed by atoms with van der Waals surface area (Å²) >= 11 is 4.60. The van der Waals surface area contributed by atoms with E-state index >= 15 is 0 Å². The third-order valence-corrected chi connectivity index (χ3v) is 6.06. The van der Waals surface area contributed by atoms with E-state index in [1.54, 1.807) is 23.9 Å². The molecule has 2 rings (SSSR count). The predicted octanol–water partition coefficient (Wildman–Crippen LogP) is 3.84. The van der Waals surface area contributed by atoms with Gasteiger partial charge in [-0.2, -0.15) is 5.26 Å². The summed E-state index contributed by atoms with van der Waals surface area (Å²) in [5.41, 5.74) is 1.67. The fraction of sp³-hybridized carbons (Fsp3) is 0.333. The number of carbonyl (C=O) groups excluding carboxylic acids is 1. The molecule has 0 fully saturated rings. The molecule has 0 unspecified atom stereocenters. The lowest BCUT2D eigenvalue weighted by atomic mass is 10.1. The first-order chi connectivity index (χ1) is 11.2. The second-order valence-corrected chi connectivity index (χ2v) is 8.09. The van der Waals surface area contributed by atoms with Gasteiger partial charge in [0.15, 0.2) is 8.68 Å². The van der Waals surface area contributed by atoms with Crippen LogP contribution in [0.15, 0.2) is 32.9 Å². The monoisotopic (exact) mass is 364 g/mol. The summed E-state index contributed by atoms with van der Waals surface area (Å²) in [6.07, 6.45) is 1.47. The van der Waals surface area contributed by atoms with Gasteiger partial charge in [-0.15, -0.1) is 10.2 Å². The highest BCUT2D eigenvalue weighted by molar-refractivity contribution is 8.03. The Hall–Kier alpha value is -1.56. The molecule has 0 radical (unpaired) electrons. The van der Waals surface area contributed by atoms with E-state index in [0.717, 1.165) is 32.1 Å². The molecule has 2 aromatic rings. The number of thioether (sulfide) groups is 2. The van der Waals surface area contributed by atoms with Crippen LogP contribution in [0.2, 0.25) is 0 Å². The Labute approximate surface area is 147 Å². The molecule has 1 heterocycles. The first-order valence-corrected chi connectivity index (χ1v) is 9.85. The first kappa shape index (κ1) is 17.8. The number of hydrogen-bond acceptors (Lipinski definition) is 7. The number of carbonyl (C=O) groups is 1. The average Bonchev–Trinajstić information content (AvgIpc) is 3.01. The molecule has 0 saturated heterocycles. The van der Waals surface area contributed by atoms with Crippen molar-refractivity contribution in [2.45, 2.75) is 28.4 Å². The van der Waals surface area contributed by atoms with Crippen molar-refractivity contribution in [1.82, 2.24) is 10.2 Å². The van der Waals surface area contributed by atoms with Crippen LogP contribution in [0.1, 0.15) is 18.9 Å². The van der Waals surface area contributed by atoms with Crippen LogP contribution in [0.4, 0.5) is 5.69 Å². The minimum atomic E-state index is -0.0824. The van der Waals surface area contributed by atoms with E-state index in [1.165, 1.54) is 23.1 Å². The van der Waals surface area contributed by atoms with Crippen molar-refractivity contribution < 1.29 is 4.79 Å². The molecular formula is C15H16N4OS3. The molecule has 0 spiro atoms. The number of benzene rings is 1. The number of nitrogens with one attached hydrogen (secondary N) is 1. The molecule has 0 bridgehead atoms. The predicted molar refractivity (Wildman–Crippen MR) is 96.0 cm³/mol. The topological polar surface area (TPSA) is 78.7 Å². The largest absolute Gasteiger partial charge is 0.325 e. The van der Waals surface area contributed by atoms with Crippen molar-refractivity contribution >= 4 is 46.5 Å². The van der Waals surface area contributed by atoms with Crippen LogP contribution in [0.5, 0.6) is 0 Å². The SMILES string of the molecule is CCCSc1nnc(SCC(=O)Nc2ccc(CC#N)cc2)s1. The molecule has 0 saturated carbocycles. The lowest BCUT2D eigenvalue weighted by Crippen LogP contribution is -2.13. The van der Waals surface area contributed by atoms with Crippen LogP contribution >= 0.6 is 34.9 Å². The van der Waals surface area contributed by atoms with Crippen LogP contribution in [-0.4, -0.2) is 27.6 Å². The van der Waals surface area contributed by atoms with Crippen molar-refractivity contribution in [1.29, 1.82) is 5.26 Å². The molecule has 0 atom stereocenters. The molecule has 1 amide bonds. The lowest BCUT2D eigenvalue weighted by Gasteiger charge is -2.04. The molecule has 1 aromatic heterocycles. The van der Waals surface area contributed by atoms with E-state index in [0.29, 0.717) is 12.2 Å². The van der Waals surface area contributed by atoms with Crippen LogP contribution in [0, 0.1) is 11.3 Å². The zero-order chi connectivity index (χ0) is 16.5. The molecule has 120 valence electrons. The van der Waals surface area contributed by atoms with E-state index < -0.39 is 0 Å². The number of anilines is 1. The average molecular weight is 365 g/mol. The second kappa shape index (κ2) is 9.55. The van der Waals surface area contributed by atoms with Crippen molar-refractivity contribution in [2.75, 3.05) is 16.8 Å². The summed E-state index contributed by atoms with van der Waals surface area (Å²) < 4.78 is 1.76. The van der Waals surface area contributed by atoms with Crippen molar-refractivity contribution in [3.05, 3.63) is 29.8 Å². The second-order valence-electron chi connectivity index (χ2n) is 4.55. The molecule has 0 aliphatic carbocycles. The summed E-state index contributed by atoms with van der Waals surface area (Å²) in [7, 11) is 0. The zero-order valence-corrected chi connectivity index (χ0v) is 15.1. The van der Waals surface area contributed by atoms with Gasteiger partial charge in [0.25, 0.3) is 0 Å². The molecule has 1 N–H and O–H groups in total. The maximum absolute atomic E-state index is 11.9. The summed E-state index contributed by atoms with van der Waals surface area (Å²) in [4.78, 5) is 11.9. The lowest BCUT2D eigenvalue weighted by molar-refractivity contribution is -0.113. The number of aromatic nitrogens is 2. The molecule has 1 aromatic carbocycles. The molecule has 23 heavy (non-hydrogen) atoms. The van der Waals surface area contributed by atoms with Gasteiger partial charge in [0.2, 0.25) is 5.91 Å². The molecular weight excluding hydrogens is 348 g/mol. The van der Waals surface area contributed by atoms with Gasteiger partial charge >= 0.3 is 0 Å². The molecule has 0 aliphatic heterocycles. The van der Waals surface area contributed by atoms with Crippen LogP contribution in [0.25, 0.3) is 0 Å². The smallest absolute Gasteiger partial charge is 0.234 e. The number of rotatable bonds is 8. The Bertz CT molecular complexity index is 679. The van der Waals surface area contributed by atoms with Crippen molar-refractivity contribution in [2.24, 2.45) is 0 Å². The molecule has 5 nitrogen and oxygen atoms in total. The number of nitriles is 1. The highest BCUT2D eigenvalue weighted by Gasteiger charge is 2.08. The van der Waals surface area contributed by atoms with Crippen LogP contribution in [0.3, 0.4) is 0 Å². The van der Waals surface area contributed by atoms with Gasteiger partial charge in [0.05, 0.1) is 18.2 Å². The molecule has 0 aliphatic rings. The van der Waals surface area contributed by atoms with E-state index in [1.807, 2.05) is 12.1 Å². The van der Waals surface area contributed by atoms with E-state index in [2.05, 4.69) is 28.5 Å². The first-order valence-electron chi connectivity index (χ1n) is 7.06. The van der Waals surface area contributed by atoms with Gasteiger partial charge < -0.3 is 5.32 Å². The Morgan fingerprint density at radius 1 is 1.26 bits per heavy atom. The van der Waals surface area contributed by atoms with Crippen LogP contribution in [-0.2, 0) is 11.2 Å². The van der Waals surface area contributed by atoms with Gasteiger partial charge in [-0.05, 0) is 24.1 Å². The summed E-state index contributed by atoms with van der Waals surface area (Å²) in [5.74, 6) is 1.25. The van der Waals surface area contributed by atoms with Crippen molar-refractivity contribution in [3.63, 3.8) is 0 Å². The Balaban J connectivity index is 1.78. The van der Waals surface area contributed by atoms with Gasteiger partial charge in [0, 0.05) is 11.4 Å². The third-order valence-electron chi connectivity index (χ3n) is 2.67. The van der Waals surface area contributed by atoms with Crippen LogP contribution < -0.4 is 5.32 Å². The number of hydrogen-bond donors (Lipinski definition) is 1. The summed E-state index contributed by atoms with van der Waals surface area (Å²) in [6.45, 7) is 2.13. The maximum Gasteiger partial charge on any atom is 0.234 e. The third kappa shape index (κ3) is 6.22. The van der Waals surface area contributed by atoms with E-state index in [9.17, 15) is 4.79 Å². The Morgan fingerprint density at radius 3 is 2.61 bits per heavy atom. The van der Waals surface area contributed by atoms with E-state index in [-0.39, 0.29) is 5.91 Å². The van der Waals surface area contributed by atoms with Gasteiger partial charge in [0.1, 0.15) is 0 Å². The molecule has 8 heteroatoms. The fourth-order valence-corrected chi connectivity index (χ4v) is 4.37. The quantitative estimate of drug-likeness (QED) is 0.717. The number of nitrogens with zero attached hydrogens (tertiary/aromatic N) is 3. The fourth-order valence-electron chi connectivity index (χ4n) is 1.62. The normalized spacial score (nSPS) is 10.3. The Morgan fingerprint density at radius 2 is 1.96 bits per heavy atom. The highest BCUT2D eigenvalue weighted by Crippen LogP contribution is 2.29. The summed E-state index contributed by atoms with van der Waals surface area (Å²) in [6, 6.07) is 9.39. The Kier molecular flexibility index (Phi) is 7.39. The summed E-state index contributed by atoms with van der Waals surface area (Å²) in [5, 5.41) is 19.6. The standard InChI is InChI=1S/C15H16N4OS3/c1-2-9-21-14-18-19-15(23-14)22-10-13(20)17-12-5-3-11(4-6-12)7-8-16/h3-6H,2,7,9-10H2,1H3,(H,17,20). The number of amides is 1. The van der Waals surface area contributed by atoms with E-state index in [4.69, 9.17) is 5.26 Å². The van der Waals surface area contributed by atoms with Gasteiger partial charge in [-0.3, -0.25) is 4.79 Å². The van der Waals surface area contributed by atoms with Crippen molar-refractivity contribution in [3.8, 4) is 6.07 Å². The minimum Gasteiger partial charge on any atom is -0.325 e. The van der Waals surface area contributed by atoms with Gasteiger partial charge in [-0.25, -0.2) is 0 Å².